The van der Waals surface area contributed by atoms with Crippen molar-refractivity contribution in [1.29, 1.82) is 0 Å². The number of rotatable bonds is 1. The van der Waals surface area contributed by atoms with Crippen LogP contribution in [0.15, 0.2) is 18.2 Å². The van der Waals surface area contributed by atoms with Crippen molar-refractivity contribution in [2.24, 2.45) is 0 Å². The third-order valence-corrected chi connectivity index (χ3v) is 1.88. The molecule has 100 valence electrons. The van der Waals surface area contributed by atoms with E-state index in [0.717, 1.165) is 0 Å². The van der Waals surface area contributed by atoms with Crippen LogP contribution >= 0.6 is 0 Å². The van der Waals surface area contributed by atoms with E-state index >= 15 is 0 Å². The highest BCUT2D eigenvalue weighted by Crippen LogP contribution is 2.41. The van der Waals surface area contributed by atoms with Crippen LogP contribution in [0.4, 0.5) is 36.8 Å². The third kappa shape index (κ3) is 3.28. The summed E-state index contributed by atoms with van der Waals surface area (Å²) in [7, 11) is 0. The second kappa shape index (κ2) is 4.39. The van der Waals surface area contributed by atoms with Gasteiger partial charge in [0, 0.05) is 5.69 Å². The molecule has 1 rings (SSSR count). The van der Waals surface area contributed by atoms with Crippen LogP contribution in [0.1, 0.15) is 11.1 Å². The normalized spacial score (nSPS) is 12.3. The first-order valence-electron chi connectivity index (χ1n) is 4.30. The molecular weight excluding hydrogens is 268 g/mol. The minimum Gasteiger partial charge on any atom is -0.465 e. The van der Waals surface area contributed by atoms with Crippen LogP contribution in [0.2, 0.25) is 0 Å². The number of anilines is 1. The molecule has 0 fully saturated rings. The van der Waals surface area contributed by atoms with Crippen LogP contribution in [0.5, 0.6) is 0 Å². The van der Waals surface area contributed by atoms with Crippen molar-refractivity contribution in [2.75, 3.05) is 5.32 Å². The molecule has 0 aliphatic heterocycles. The maximum atomic E-state index is 12.4. The van der Waals surface area contributed by atoms with Crippen LogP contribution in [0, 0.1) is 0 Å². The predicted octanol–water partition coefficient (Wildman–Crippen LogP) is 3.81. The lowest BCUT2D eigenvalue weighted by molar-refractivity contribution is -0.162. The molecule has 3 nitrogen and oxygen atoms in total. The second-order valence-corrected chi connectivity index (χ2v) is 3.19. The fourth-order valence-corrected chi connectivity index (χ4v) is 1.23. The molecule has 9 heteroatoms. The highest BCUT2D eigenvalue weighted by atomic mass is 19.4. The molecule has 1 aromatic rings. The SMILES string of the molecule is O=C(O)Nc1ccc(C(F)(F)F)c(C(F)(F)F)c1. The first-order chi connectivity index (χ1) is 8.01. The number of alkyl halides is 6. The van der Waals surface area contributed by atoms with E-state index in [1.54, 1.807) is 5.32 Å². The quantitative estimate of drug-likeness (QED) is 0.764. The lowest BCUT2D eigenvalue weighted by Crippen LogP contribution is -2.17. The lowest BCUT2D eigenvalue weighted by Gasteiger charge is -2.16. The van der Waals surface area contributed by atoms with E-state index in [9.17, 15) is 31.1 Å². The molecule has 0 bridgehead atoms. The van der Waals surface area contributed by atoms with Gasteiger partial charge in [-0.25, -0.2) is 4.79 Å². The summed E-state index contributed by atoms with van der Waals surface area (Å²) in [4.78, 5) is 10.2. The van der Waals surface area contributed by atoms with Crippen molar-refractivity contribution in [3.8, 4) is 0 Å². The molecule has 0 aliphatic carbocycles. The summed E-state index contributed by atoms with van der Waals surface area (Å²) in [6.45, 7) is 0. The number of carboxylic acid groups (broad SMARTS) is 1. The minimum absolute atomic E-state index is 0.0942. The van der Waals surface area contributed by atoms with Crippen LogP contribution in [0.3, 0.4) is 0 Å². The Morgan fingerprint density at radius 3 is 1.89 bits per heavy atom. The molecule has 0 unspecified atom stereocenters. The van der Waals surface area contributed by atoms with E-state index in [2.05, 4.69) is 0 Å². The van der Waals surface area contributed by atoms with Crippen LogP contribution in [-0.2, 0) is 12.4 Å². The summed E-state index contributed by atoms with van der Waals surface area (Å²) in [6.07, 6.45) is -12.1. The monoisotopic (exact) mass is 273 g/mol. The number of amides is 1. The highest BCUT2D eigenvalue weighted by Gasteiger charge is 2.43. The first-order valence-corrected chi connectivity index (χ1v) is 4.30. The summed E-state index contributed by atoms with van der Waals surface area (Å²) >= 11 is 0. The van der Waals surface area contributed by atoms with Gasteiger partial charge in [-0.15, -0.1) is 0 Å². The molecule has 0 saturated heterocycles. The highest BCUT2D eigenvalue weighted by molar-refractivity contribution is 5.83. The van der Waals surface area contributed by atoms with Crippen LogP contribution in [0.25, 0.3) is 0 Å². The number of hydrogen-bond acceptors (Lipinski definition) is 1. The topological polar surface area (TPSA) is 49.3 Å². The zero-order chi connectivity index (χ0) is 14.1. The summed E-state index contributed by atoms with van der Waals surface area (Å²) in [5.74, 6) is 0. The van der Waals surface area contributed by atoms with E-state index in [4.69, 9.17) is 5.11 Å². The van der Waals surface area contributed by atoms with Gasteiger partial charge in [0.25, 0.3) is 0 Å². The summed E-state index contributed by atoms with van der Waals surface area (Å²) in [5, 5.41) is 9.82. The van der Waals surface area contributed by atoms with E-state index < -0.39 is 35.3 Å². The Kier molecular flexibility index (Phi) is 3.45. The second-order valence-electron chi connectivity index (χ2n) is 3.19. The van der Waals surface area contributed by atoms with E-state index in [0.29, 0.717) is 6.07 Å². The molecule has 0 aliphatic rings. The van der Waals surface area contributed by atoms with Crippen LogP contribution < -0.4 is 5.32 Å². The van der Waals surface area contributed by atoms with Crippen LogP contribution in [-0.4, -0.2) is 11.2 Å². The maximum absolute atomic E-state index is 12.4. The summed E-state index contributed by atoms with van der Waals surface area (Å²) < 4.78 is 74.3. The molecule has 0 aromatic heterocycles. The van der Waals surface area contributed by atoms with Gasteiger partial charge < -0.3 is 5.11 Å². The van der Waals surface area contributed by atoms with Gasteiger partial charge in [-0.2, -0.15) is 26.3 Å². The number of benzene rings is 1. The van der Waals surface area contributed by atoms with Crippen molar-refractivity contribution >= 4 is 11.8 Å². The summed E-state index contributed by atoms with van der Waals surface area (Å²) in [6, 6.07) is 0.872. The predicted molar refractivity (Wildman–Crippen MR) is 48.1 cm³/mol. The van der Waals surface area contributed by atoms with Gasteiger partial charge in [0.1, 0.15) is 0 Å². The van der Waals surface area contributed by atoms with Gasteiger partial charge in [0.05, 0.1) is 11.1 Å². The van der Waals surface area contributed by atoms with Crippen molar-refractivity contribution in [3.05, 3.63) is 29.3 Å². The fraction of sp³-hybridized carbons (Fsp3) is 0.222. The smallest absolute Gasteiger partial charge is 0.417 e. The van der Waals surface area contributed by atoms with Gasteiger partial charge in [0.2, 0.25) is 0 Å². The van der Waals surface area contributed by atoms with Crippen molar-refractivity contribution in [2.45, 2.75) is 12.4 Å². The van der Waals surface area contributed by atoms with Crippen molar-refractivity contribution in [1.82, 2.24) is 0 Å². The zero-order valence-electron chi connectivity index (χ0n) is 8.36. The minimum atomic E-state index is -5.24. The third-order valence-electron chi connectivity index (χ3n) is 1.88. The Balaban J connectivity index is 3.35. The summed E-state index contributed by atoms with van der Waals surface area (Å²) in [5.41, 5.74) is -4.41. The van der Waals surface area contributed by atoms with E-state index in [1.165, 1.54) is 0 Å². The number of carbonyl (C=O) groups is 1. The number of hydrogen-bond donors (Lipinski definition) is 2. The van der Waals surface area contributed by atoms with E-state index in [-0.39, 0.29) is 12.1 Å². The Morgan fingerprint density at radius 1 is 1.00 bits per heavy atom. The van der Waals surface area contributed by atoms with Gasteiger partial charge in [-0.1, -0.05) is 0 Å². The van der Waals surface area contributed by atoms with Crippen molar-refractivity contribution < 1.29 is 36.2 Å². The van der Waals surface area contributed by atoms with Gasteiger partial charge in [-0.3, -0.25) is 5.32 Å². The molecule has 0 radical (unpaired) electrons. The Morgan fingerprint density at radius 2 is 1.50 bits per heavy atom. The zero-order valence-corrected chi connectivity index (χ0v) is 8.36. The molecule has 0 saturated carbocycles. The molecular formula is C9H5F6NO2. The molecule has 1 amide bonds. The molecule has 1 aromatic carbocycles. The Hall–Kier alpha value is -1.93. The molecule has 0 heterocycles. The number of halogens is 6. The molecule has 18 heavy (non-hydrogen) atoms. The fourth-order valence-electron chi connectivity index (χ4n) is 1.23. The van der Waals surface area contributed by atoms with Gasteiger partial charge >= 0.3 is 18.4 Å². The standard InChI is InChI=1S/C9H5F6NO2/c10-8(11,12)5-2-1-4(16-7(17)18)3-6(5)9(13,14)15/h1-3,16H,(H,17,18). The molecule has 0 atom stereocenters. The average Bonchev–Trinajstić information content (AvgIpc) is 2.13. The van der Waals surface area contributed by atoms with Crippen molar-refractivity contribution in [3.63, 3.8) is 0 Å². The first kappa shape index (κ1) is 14.1. The average molecular weight is 273 g/mol. The lowest BCUT2D eigenvalue weighted by atomic mass is 10.1. The maximum Gasteiger partial charge on any atom is 0.417 e. The Bertz CT molecular complexity index is 465. The number of nitrogens with one attached hydrogen (secondary N) is 1. The largest absolute Gasteiger partial charge is 0.465 e. The van der Waals surface area contributed by atoms with Gasteiger partial charge in [-0.05, 0) is 18.2 Å². The molecule has 0 spiro atoms. The van der Waals surface area contributed by atoms with E-state index in [1.807, 2.05) is 0 Å². The molecule has 2 N–H and O–H groups in total. The Labute approximate surface area is 96.0 Å². The van der Waals surface area contributed by atoms with Gasteiger partial charge in [0.15, 0.2) is 0 Å².